The number of nitrogens with zero attached hydrogens (tertiary/aromatic N) is 2. The van der Waals surface area contributed by atoms with Crippen molar-refractivity contribution in [2.45, 2.75) is 0 Å². The van der Waals surface area contributed by atoms with Crippen LogP contribution in [0, 0.1) is 29.3 Å². The standard InChI is InChI=1S/2C18H15P.C4H2N2S2.CO.Ir.H/c2*1-4-10-16(11-5-1)19(17-12-6-2-7-13-17)18-14-8-3-9-15-18;5-1-3(7)4(8)2-6;1-2;;/h2*1-15H;7-8H;;;/q;;;;+2;/p-2/b;;4-3-;;;. The fraction of sp³-hybridized carbons (Fsp3) is 0. The van der Waals surface area contributed by atoms with Crippen molar-refractivity contribution in [3.05, 3.63) is 198 Å². The van der Waals surface area contributed by atoms with Crippen LogP contribution in [0.4, 0.5) is 0 Å². The van der Waals surface area contributed by atoms with Gasteiger partial charge in [0.25, 0.3) is 0 Å². The Kier molecular flexibility index (Phi) is 20.0. The van der Waals surface area contributed by atoms with Gasteiger partial charge in [-0.15, -0.1) is 9.81 Å². The van der Waals surface area contributed by atoms with Crippen molar-refractivity contribution in [2.75, 3.05) is 0 Å². The first kappa shape index (κ1) is 40.9. The summed E-state index contributed by atoms with van der Waals surface area (Å²) >= 11 is 8.70. The Morgan fingerprint density at radius 3 is 0.653 bits per heavy atom. The first-order valence-electron chi connectivity index (χ1n) is 14.6. The molecule has 3 nitrogen and oxygen atoms in total. The molecule has 0 atom stereocenters. The Labute approximate surface area is 316 Å². The van der Waals surface area contributed by atoms with Crippen molar-refractivity contribution in [1.29, 1.82) is 10.5 Å². The zero-order chi connectivity index (χ0) is 34.4. The maximum Gasteiger partial charge on any atom is -0.0134 e. The van der Waals surface area contributed by atoms with Crippen LogP contribution in [0.5, 0.6) is 0 Å². The van der Waals surface area contributed by atoms with Gasteiger partial charge < -0.3 is 25.3 Å². The first-order chi connectivity index (χ1) is 23.6. The molecule has 0 fully saturated rings. The van der Waals surface area contributed by atoms with Crippen LogP contribution in [-0.2, 0) is 50.0 Å². The number of benzene rings is 6. The van der Waals surface area contributed by atoms with E-state index in [0.717, 1.165) is 0 Å². The van der Waals surface area contributed by atoms with Crippen molar-refractivity contribution in [2.24, 2.45) is 0 Å². The zero-order valence-electron chi connectivity index (χ0n) is 26.2. The molecule has 1 radical (unpaired) electrons. The van der Waals surface area contributed by atoms with E-state index in [1.165, 1.54) is 31.8 Å². The van der Waals surface area contributed by atoms with Crippen LogP contribution in [0.25, 0.3) is 0 Å². The summed E-state index contributed by atoms with van der Waals surface area (Å²) in [6, 6.07) is 67.8. The predicted molar refractivity (Wildman–Crippen MR) is 209 cm³/mol. The third-order valence-electron chi connectivity index (χ3n) is 6.50. The second kappa shape index (κ2) is 24.0. The maximum absolute atomic E-state index is 8.01. The Balaban J connectivity index is 0.000000265. The molecule has 0 aliphatic rings. The number of hydrogen-bond donors (Lipinski definition) is 0. The van der Waals surface area contributed by atoms with Crippen LogP contribution >= 0.6 is 15.8 Å². The summed E-state index contributed by atoms with van der Waals surface area (Å²) < 4.78 is 7.50. The van der Waals surface area contributed by atoms with Gasteiger partial charge in [-0.05, 0) is 47.7 Å². The minimum atomic E-state index is -0.446. The Morgan fingerprint density at radius 1 is 0.388 bits per heavy atom. The summed E-state index contributed by atoms with van der Waals surface area (Å²) in [5.74, 6) is 0. The minimum absolute atomic E-state index is 0. The van der Waals surface area contributed by atoms with Crippen LogP contribution < -0.4 is 31.8 Å². The van der Waals surface area contributed by atoms with E-state index >= 15 is 0 Å². The molecule has 0 spiro atoms. The zero-order valence-corrected chi connectivity index (χ0v) is 32.1. The van der Waals surface area contributed by atoms with Crippen molar-refractivity contribution in [3.63, 3.8) is 0 Å². The normalized spacial score (nSPS) is 10.0. The third kappa shape index (κ3) is 13.3. The monoisotopic (exact) mass is 886 g/mol. The van der Waals surface area contributed by atoms with Crippen molar-refractivity contribution in [1.82, 2.24) is 0 Å². The molecule has 0 amide bonds. The van der Waals surface area contributed by atoms with Gasteiger partial charge in [-0.25, -0.2) is 0 Å². The van der Waals surface area contributed by atoms with Crippen LogP contribution in [0.1, 0.15) is 0 Å². The Bertz CT molecular complexity index is 1590. The largest absolute Gasteiger partial charge is 0.0622 e. The van der Waals surface area contributed by atoms with Gasteiger partial charge in [0, 0.05) is 0 Å². The average molecular weight is 886 g/mol. The maximum atomic E-state index is 8.01. The molecule has 0 heterocycles. The summed E-state index contributed by atoms with van der Waals surface area (Å²) in [5.41, 5.74) is 0. The molecule has 0 bridgehead atoms. The second-order valence-corrected chi connectivity index (χ2v) is 14.8. The van der Waals surface area contributed by atoms with Crippen LogP contribution in [-0.4, -0.2) is 0 Å². The molecule has 6 aromatic carbocycles. The number of allylic oxidation sites excluding steroid dienone is 2. The Morgan fingerprint density at radius 2 is 0.531 bits per heavy atom. The molecule has 0 saturated heterocycles. The predicted octanol–water partition coefficient (Wildman–Crippen LogP) is 6.92. The van der Waals surface area contributed by atoms with E-state index in [-0.39, 0.29) is 29.9 Å². The van der Waals surface area contributed by atoms with Gasteiger partial charge in [-0.3, -0.25) is 0 Å². The summed E-state index contributed by atoms with van der Waals surface area (Å²) in [6.07, 6.45) is 0. The quantitative estimate of drug-likeness (QED) is 0.0600. The number of hydrogen-bond acceptors (Lipinski definition) is 4. The number of rotatable bonds is 6. The van der Waals surface area contributed by atoms with Crippen molar-refractivity contribution < 1.29 is 24.8 Å². The topological polar surface area (TPSA) is 67.5 Å². The Hall–Kier alpha value is -4.27. The van der Waals surface area contributed by atoms with E-state index in [2.05, 4.69) is 214 Å². The SMILES string of the molecule is N#C/C([S-])=C(/[S-])C#N.[C-]#[O+].[IrH+2].c1ccc(P(c2ccccc2)c2ccccc2)cc1.c1ccc(P(c2ccccc2)c2ccccc2)cc1. The molecular weight excluding hydrogens is 855 g/mol. The molecule has 0 aromatic heterocycles. The van der Waals surface area contributed by atoms with E-state index in [9.17, 15) is 0 Å². The molecular formula is C41H31IrN2OP2S2. The third-order valence-corrected chi connectivity index (χ3v) is 12.1. The molecule has 8 heteroatoms. The summed E-state index contributed by atoms with van der Waals surface area (Å²) in [7, 11) is -0.892. The molecule has 6 aromatic rings. The molecule has 0 N–H and O–H groups in total. The fourth-order valence-electron chi connectivity index (χ4n) is 4.46. The summed E-state index contributed by atoms with van der Waals surface area (Å²) in [5, 5.41) is 24.4. The van der Waals surface area contributed by atoms with Crippen LogP contribution in [0.3, 0.4) is 0 Å². The van der Waals surface area contributed by atoms with Gasteiger partial charge in [-0.1, -0.05) is 182 Å². The summed E-state index contributed by atoms with van der Waals surface area (Å²) in [4.78, 5) is -0.218. The molecule has 0 unspecified atom stereocenters. The van der Waals surface area contributed by atoms with Gasteiger partial charge in [0.2, 0.25) is 0 Å². The average Bonchev–Trinajstić information content (AvgIpc) is 3.18. The van der Waals surface area contributed by atoms with E-state index in [1.54, 1.807) is 12.1 Å². The van der Waals surface area contributed by atoms with Gasteiger partial charge >= 0.3 is 31.4 Å². The molecule has 0 aliphatic heterocycles. The molecule has 0 aliphatic carbocycles. The van der Waals surface area contributed by atoms with Gasteiger partial charge in [0.05, 0.1) is 12.1 Å². The van der Waals surface area contributed by atoms with E-state index in [4.69, 9.17) is 15.2 Å². The smallest absolute Gasteiger partial charge is 0.0134 e. The minimum Gasteiger partial charge on any atom is -0.0622 e. The van der Waals surface area contributed by atoms with Crippen LogP contribution in [0.2, 0.25) is 0 Å². The first-order valence-corrected chi connectivity index (χ1v) is 18.1. The molecule has 242 valence electrons. The number of nitriles is 2. The van der Waals surface area contributed by atoms with Gasteiger partial charge in [0.15, 0.2) is 0 Å². The van der Waals surface area contributed by atoms with E-state index in [1.807, 2.05) is 0 Å². The van der Waals surface area contributed by atoms with Crippen molar-refractivity contribution >= 4 is 72.9 Å². The molecule has 0 saturated carbocycles. The van der Waals surface area contributed by atoms with Crippen molar-refractivity contribution in [3.8, 4) is 12.1 Å². The van der Waals surface area contributed by atoms with Gasteiger partial charge in [-0.2, -0.15) is 10.5 Å². The second-order valence-electron chi connectivity index (χ2n) is 9.57. The van der Waals surface area contributed by atoms with Gasteiger partial charge in [0.1, 0.15) is 0 Å². The van der Waals surface area contributed by atoms with Crippen LogP contribution in [0.15, 0.2) is 192 Å². The van der Waals surface area contributed by atoms with E-state index < -0.39 is 15.8 Å². The molecule has 49 heavy (non-hydrogen) atoms. The van der Waals surface area contributed by atoms with E-state index in [0.29, 0.717) is 0 Å². The summed E-state index contributed by atoms with van der Waals surface area (Å²) in [6.45, 7) is 4.50. The fourth-order valence-corrected chi connectivity index (χ4v) is 9.16. The molecule has 6 rings (SSSR count).